The van der Waals surface area contributed by atoms with Crippen LogP contribution >= 0.6 is 11.3 Å². The van der Waals surface area contributed by atoms with Gasteiger partial charge in [0.2, 0.25) is 0 Å². The lowest BCUT2D eigenvalue weighted by atomic mass is 10.0. The van der Waals surface area contributed by atoms with Crippen LogP contribution in [0.2, 0.25) is 0 Å². The number of nitrogens with zero attached hydrogens (tertiary/aromatic N) is 3. The van der Waals surface area contributed by atoms with Crippen LogP contribution in [-0.2, 0) is 6.54 Å². The molecule has 6 heteroatoms. The summed E-state index contributed by atoms with van der Waals surface area (Å²) >= 11 is 1.62. The van der Waals surface area contributed by atoms with Gasteiger partial charge in [-0.05, 0) is 44.0 Å². The first kappa shape index (κ1) is 17.0. The number of benzene rings is 1. The van der Waals surface area contributed by atoms with Crippen LogP contribution in [0.3, 0.4) is 0 Å². The normalized spacial score (nSPS) is 13.8. The number of amides is 1. The molecule has 0 saturated heterocycles. The molecule has 3 aromatic rings. The Morgan fingerprint density at radius 1 is 1.35 bits per heavy atom. The van der Waals surface area contributed by atoms with Crippen molar-refractivity contribution in [2.24, 2.45) is 0 Å². The zero-order valence-electron chi connectivity index (χ0n) is 15.2. The SMILES string of the molecule is COc1ccc2nc(C3CC3)cc(C(=O)N(C)Cc3cnc(C)s3)c2c1. The maximum absolute atomic E-state index is 13.2. The fourth-order valence-electron chi connectivity index (χ4n) is 3.11. The summed E-state index contributed by atoms with van der Waals surface area (Å²) in [5, 5.41) is 1.85. The largest absolute Gasteiger partial charge is 0.497 e. The maximum atomic E-state index is 13.2. The van der Waals surface area contributed by atoms with Gasteiger partial charge in [-0.25, -0.2) is 4.98 Å². The lowest BCUT2D eigenvalue weighted by molar-refractivity contribution is 0.0788. The molecule has 134 valence electrons. The topological polar surface area (TPSA) is 55.3 Å². The first-order valence-electron chi connectivity index (χ1n) is 8.70. The Labute approximate surface area is 156 Å². The van der Waals surface area contributed by atoms with Gasteiger partial charge in [-0.2, -0.15) is 0 Å². The number of carbonyl (C=O) groups is 1. The van der Waals surface area contributed by atoms with E-state index < -0.39 is 0 Å². The van der Waals surface area contributed by atoms with Gasteiger partial charge in [0.15, 0.2) is 0 Å². The van der Waals surface area contributed by atoms with Gasteiger partial charge >= 0.3 is 0 Å². The van der Waals surface area contributed by atoms with E-state index in [0.717, 1.165) is 45.1 Å². The number of pyridine rings is 1. The number of aryl methyl sites for hydroxylation is 1. The predicted molar refractivity (Wildman–Crippen MR) is 103 cm³/mol. The Morgan fingerprint density at radius 3 is 2.81 bits per heavy atom. The number of ether oxygens (including phenoxy) is 1. The zero-order valence-corrected chi connectivity index (χ0v) is 16.0. The van der Waals surface area contributed by atoms with E-state index in [1.807, 2.05) is 44.4 Å². The second-order valence-corrected chi connectivity index (χ2v) is 8.08. The summed E-state index contributed by atoms with van der Waals surface area (Å²) in [5.41, 5.74) is 2.56. The smallest absolute Gasteiger partial charge is 0.254 e. The highest BCUT2D eigenvalue weighted by Crippen LogP contribution is 2.40. The quantitative estimate of drug-likeness (QED) is 0.679. The monoisotopic (exact) mass is 367 g/mol. The van der Waals surface area contributed by atoms with Crippen LogP contribution in [0.25, 0.3) is 10.9 Å². The predicted octanol–water partition coefficient (Wildman–Crippen LogP) is 4.16. The number of hydrogen-bond acceptors (Lipinski definition) is 5. The van der Waals surface area contributed by atoms with Gasteiger partial charge in [-0.3, -0.25) is 9.78 Å². The Bertz CT molecular complexity index is 978. The van der Waals surface area contributed by atoms with E-state index in [-0.39, 0.29) is 5.91 Å². The first-order chi connectivity index (χ1) is 12.5. The second-order valence-electron chi connectivity index (χ2n) is 6.76. The van der Waals surface area contributed by atoms with Crippen molar-refractivity contribution in [1.82, 2.24) is 14.9 Å². The Hall–Kier alpha value is -2.47. The molecule has 0 spiro atoms. The molecule has 2 heterocycles. The summed E-state index contributed by atoms with van der Waals surface area (Å²) in [6.45, 7) is 2.53. The molecule has 5 nitrogen and oxygen atoms in total. The Kier molecular flexibility index (Phi) is 4.36. The van der Waals surface area contributed by atoms with E-state index in [9.17, 15) is 4.79 Å². The van der Waals surface area contributed by atoms with Gasteiger partial charge in [0.25, 0.3) is 5.91 Å². The minimum absolute atomic E-state index is 0.00129. The fraction of sp³-hybridized carbons (Fsp3) is 0.350. The van der Waals surface area contributed by atoms with E-state index in [0.29, 0.717) is 18.0 Å². The van der Waals surface area contributed by atoms with Crippen molar-refractivity contribution in [2.45, 2.75) is 32.2 Å². The van der Waals surface area contributed by atoms with E-state index in [4.69, 9.17) is 9.72 Å². The molecular formula is C20H21N3O2S. The molecule has 0 atom stereocenters. The summed E-state index contributed by atoms with van der Waals surface area (Å²) in [6, 6.07) is 7.70. The van der Waals surface area contributed by atoms with Crippen molar-refractivity contribution in [1.29, 1.82) is 0 Å². The molecule has 1 aliphatic rings. The molecule has 2 aromatic heterocycles. The third-order valence-corrected chi connectivity index (χ3v) is 5.57. The van der Waals surface area contributed by atoms with Crippen LogP contribution in [-0.4, -0.2) is 34.9 Å². The van der Waals surface area contributed by atoms with Crippen molar-refractivity contribution in [3.8, 4) is 5.75 Å². The van der Waals surface area contributed by atoms with Gasteiger partial charge in [-0.15, -0.1) is 11.3 Å². The fourth-order valence-corrected chi connectivity index (χ4v) is 3.96. The standard InChI is InChI=1S/C20H21N3O2S/c1-12-21-10-15(26-12)11-23(2)20(24)17-9-19(13-4-5-13)22-18-7-6-14(25-3)8-16(17)18/h6-10,13H,4-5,11H2,1-3H3. The van der Waals surface area contributed by atoms with E-state index in [1.165, 1.54) is 0 Å². The van der Waals surface area contributed by atoms with Crippen molar-refractivity contribution >= 4 is 28.1 Å². The number of thiazole rings is 1. The molecule has 1 fully saturated rings. The number of aromatic nitrogens is 2. The minimum atomic E-state index is -0.00129. The first-order valence-corrected chi connectivity index (χ1v) is 9.52. The molecule has 0 bridgehead atoms. The number of rotatable bonds is 5. The number of carbonyl (C=O) groups excluding carboxylic acids is 1. The highest BCUT2D eigenvalue weighted by atomic mass is 32.1. The number of methoxy groups -OCH3 is 1. The average molecular weight is 367 g/mol. The summed E-state index contributed by atoms with van der Waals surface area (Å²) in [7, 11) is 3.47. The molecule has 1 saturated carbocycles. The van der Waals surface area contributed by atoms with Crippen LogP contribution in [0, 0.1) is 6.92 Å². The highest BCUT2D eigenvalue weighted by Gasteiger charge is 2.27. The van der Waals surface area contributed by atoms with Crippen molar-refractivity contribution in [3.05, 3.63) is 51.6 Å². The molecule has 4 rings (SSSR count). The average Bonchev–Trinajstić information content (AvgIpc) is 3.42. The Morgan fingerprint density at radius 2 is 2.15 bits per heavy atom. The van der Waals surface area contributed by atoms with Gasteiger partial charge < -0.3 is 9.64 Å². The molecule has 0 N–H and O–H groups in total. The molecule has 0 unspecified atom stereocenters. The molecule has 1 aromatic carbocycles. The molecular weight excluding hydrogens is 346 g/mol. The van der Waals surface area contributed by atoms with Crippen LogP contribution in [0.15, 0.2) is 30.5 Å². The van der Waals surface area contributed by atoms with Crippen LogP contribution in [0.5, 0.6) is 5.75 Å². The van der Waals surface area contributed by atoms with E-state index >= 15 is 0 Å². The van der Waals surface area contributed by atoms with E-state index in [1.54, 1.807) is 23.3 Å². The van der Waals surface area contributed by atoms with Gasteiger partial charge in [0, 0.05) is 35.1 Å². The van der Waals surface area contributed by atoms with Gasteiger partial charge in [0.1, 0.15) is 5.75 Å². The Balaban J connectivity index is 1.73. The highest BCUT2D eigenvalue weighted by molar-refractivity contribution is 7.11. The summed E-state index contributed by atoms with van der Waals surface area (Å²) in [4.78, 5) is 25.1. The van der Waals surface area contributed by atoms with Crippen LogP contribution in [0.4, 0.5) is 0 Å². The zero-order chi connectivity index (χ0) is 18.3. The summed E-state index contributed by atoms with van der Waals surface area (Å²) < 4.78 is 5.35. The van der Waals surface area contributed by atoms with Crippen molar-refractivity contribution < 1.29 is 9.53 Å². The second kappa shape index (κ2) is 6.68. The number of hydrogen-bond donors (Lipinski definition) is 0. The molecule has 1 amide bonds. The molecule has 0 aliphatic heterocycles. The molecule has 1 aliphatic carbocycles. The lowest BCUT2D eigenvalue weighted by Gasteiger charge is -2.18. The van der Waals surface area contributed by atoms with Crippen LogP contribution < -0.4 is 4.74 Å². The van der Waals surface area contributed by atoms with Gasteiger partial charge in [-0.1, -0.05) is 0 Å². The van der Waals surface area contributed by atoms with Crippen molar-refractivity contribution in [2.75, 3.05) is 14.2 Å². The third-order valence-electron chi connectivity index (χ3n) is 4.67. The minimum Gasteiger partial charge on any atom is -0.497 e. The van der Waals surface area contributed by atoms with E-state index in [2.05, 4.69) is 4.98 Å². The van der Waals surface area contributed by atoms with Gasteiger partial charge in [0.05, 0.1) is 29.7 Å². The van der Waals surface area contributed by atoms with Crippen molar-refractivity contribution in [3.63, 3.8) is 0 Å². The van der Waals surface area contributed by atoms with Crippen LogP contribution in [0.1, 0.15) is 44.7 Å². The maximum Gasteiger partial charge on any atom is 0.254 e. The summed E-state index contributed by atoms with van der Waals surface area (Å²) in [6.07, 6.45) is 4.14. The molecule has 26 heavy (non-hydrogen) atoms. The summed E-state index contributed by atoms with van der Waals surface area (Å²) in [5.74, 6) is 1.22. The molecule has 0 radical (unpaired) electrons. The third kappa shape index (κ3) is 3.29. The lowest BCUT2D eigenvalue weighted by Crippen LogP contribution is -2.26. The number of fused-ring (bicyclic) bond motifs is 1.